The van der Waals surface area contributed by atoms with Crippen LogP contribution in [0.25, 0.3) is 0 Å². The molecule has 2 bridgehead atoms. The number of hydrogen-bond donors (Lipinski definition) is 3. The van der Waals surface area contributed by atoms with Gasteiger partial charge >= 0.3 is 0 Å². The van der Waals surface area contributed by atoms with Crippen molar-refractivity contribution in [2.24, 2.45) is 0 Å². The second kappa shape index (κ2) is 4.54. The van der Waals surface area contributed by atoms with E-state index in [2.05, 4.69) is 11.5 Å². The van der Waals surface area contributed by atoms with Crippen LogP contribution in [0, 0.1) is 0 Å². The van der Waals surface area contributed by atoms with Crippen LogP contribution in [0.2, 0.25) is 0 Å². The van der Waals surface area contributed by atoms with Crippen molar-refractivity contribution in [3.8, 4) is 11.5 Å². The zero-order valence-electron chi connectivity index (χ0n) is 13.6. The van der Waals surface area contributed by atoms with Crippen molar-refractivity contribution < 1.29 is 20.1 Å². The van der Waals surface area contributed by atoms with E-state index in [1.165, 1.54) is 0 Å². The molecule has 4 aliphatic rings. The van der Waals surface area contributed by atoms with E-state index in [4.69, 9.17) is 4.74 Å². The SMILES string of the molecule is C=CCN1CC[C@]23c4c5ccc(O)c4O[C@@H]2[C@H](O)CC[C@@]3(O)[C@H]1C5. The lowest BCUT2D eigenvalue weighted by Gasteiger charge is -2.63. The number of rotatable bonds is 2. The molecule has 1 aromatic carbocycles. The number of hydrogen-bond acceptors (Lipinski definition) is 5. The van der Waals surface area contributed by atoms with E-state index in [1.54, 1.807) is 6.07 Å². The Hall–Kier alpha value is -1.56. The summed E-state index contributed by atoms with van der Waals surface area (Å²) in [6, 6.07) is 3.62. The summed E-state index contributed by atoms with van der Waals surface area (Å²) in [6.07, 6.45) is 3.33. The lowest BCUT2D eigenvalue weighted by molar-refractivity contribution is -0.206. The van der Waals surface area contributed by atoms with Gasteiger partial charge in [-0.3, -0.25) is 4.90 Å². The smallest absolute Gasteiger partial charge is 0.165 e. The van der Waals surface area contributed by atoms with Crippen molar-refractivity contribution in [2.45, 2.75) is 54.9 Å². The summed E-state index contributed by atoms with van der Waals surface area (Å²) in [4.78, 5) is 2.31. The van der Waals surface area contributed by atoms with Crippen LogP contribution in [0.1, 0.15) is 30.4 Å². The maximum atomic E-state index is 11.9. The number of piperidine rings is 1. The van der Waals surface area contributed by atoms with E-state index >= 15 is 0 Å². The van der Waals surface area contributed by atoms with Crippen LogP contribution < -0.4 is 4.74 Å². The summed E-state index contributed by atoms with van der Waals surface area (Å²) in [7, 11) is 0. The number of aromatic hydroxyl groups is 1. The highest BCUT2D eigenvalue weighted by Crippen LogP contribution is 2.65. The summed E-state index contributed by atoms with van der Waals surface area (Å²) in [5.41, 5.74) is 0.518. The summed E-state index contributed by atoms with van der Waals surface area (Å²) >= 11 is 0. The molecule has 5 atom stereocenters. The highest BCUT2D eigenvalue weighted by molar-refractivity contribution is 5.62. The molecule has 2 heterocycles. The number of benzene rings is 1. The Bertz CT molecular complexity index is 734. The summed E-state index contributed by atoms with van der Waals surface area (Å²) in [6.45, 7) is 5.44. The molecule has 0 amide bonds. The molecule has 1 saturated heterocycles. The average molecular weight is 329 g/mol. The van der Waals surface area contributed by atoms with Gasteiger partial charge in [0.25, 0.3) is 0 Å². The Morgan fingerprint density at radius 3 is 3.00 bits per heavy atom. The first-order valence-electron chi connectivity index (χ1n) is 8.80. The monoisotopic (exact) mass is 329 g/mol. The molecule has 128 valence electrons. The van der Waals surface area contributed by atoms with Gasteiger partial charge in [0.1, 0.15) is 6.10 Å². The Morgan fingerprint density at radius 2 is 2.21 bits per heavy atom. The highest BCUT2D eigenvalue weighted by atomic mass is 16.5. The predicted molar refractivity (Wildman–Crippen MR) is 88.3 cm³/mol. The zero-order valence-corrected chi connectivity index (χ0v) is 13.6. The van der Waals surface area contributed by atoms with Gasteiger partial charge in [0.05, 0.1) is 17.1 Å². The first-order chi connectivity index (χ1) is 11.5. The standard InChI is InChI=1S/C19H23NO4/c1-2-8-20-9-7-18-15-11-3-4-12(21)16(15)24-17(18)13(22)5-6-19(18,23)14(20)10-11/h2-4,13-14,17,21-23H,1,5-10H2/t13-,14-,17-,18+,19-/m1/s1. The second-order valence-electron chi connectivity index (χ2n) is 7.74. The molecule has 1 aromatic rings. The minimum Gasteiger partial charge on any atom is -0.504 e. The number of ether oxygens (including phenoxy) is 1. The van der Waals surface area contributed by atoms with E-state index in [1.807, 2.05) is 12.1 Å². The van der Waals surface area contributed by atoms with Gasteiger partial charge in [-0.1, -0.05) is 12.1 Å². The molecule has 3 N–H and O–H groups in total. The number of phenols is 1. The molecular formula is C19H23NO4. The van der Waals surface area contributed by atoms with Gasteiger partial charge in [0, 0.05) is 18.2 Å². The predicted octanol–water partition coefficient (Wildman–Crippen LogP) is 1.09. The molecule has 1 saturated carbocycles. The Morgan fingerprint density at radius 1 is 1.38 bits per heavy atom. The Labute approximate surface area is 141 Å². The average Bonchev–Trinajstić information content (AvgIpc) is 2.91. The van der Waals surface area contributed by atoms with Crippen molar-refractivity contribution in [3.05, 3.63) is 35.9 Å². The van der Waals surface area contributed by atoms with Gasteiger partial charge in [-0.2, -0.15) is 0 Å². The molecule has 2 aliphatic carbocycles. The Kier molecular flexibility index (Phi) is 2.79. The minimum atomic E-state index is -0.940. The van der Waals surface area contributed by atoms with Gasteiger partial charge in [-0.15, -0.1) is 6.58 Å². The number of nitrogens with zero attached hydrogens (tertiary/aromatic N) is 1. The Balaban J connectivity index is 1.78. The summed E-state index contributed by atoms with van der Waals surface area (Å²) < 4.78 is 6.08. The third-order valence-corrected chi connectivity index (χ3v) is 6.91. The second-order valence-corrected chi connectivity index (χ2v) is 7.74. The van der Waals surface area contributed by atoms with Gasteiger partial charge in [0.2, 0.25) is 0 Å². The van der Waals surface area contributed by atoms with Gasteiger partial charge in [-0.25, -0.2) is 0 Å². The van der Waals surface area contributed by atoms with E-state index in [-0.39, 0.29) is 11.8 Å². The van der Waals surface area contributed by atoms with E-state index < -0.39 is 23.2 Å². The molecule has 5 rings (SSSR count). The fraction of sp³-hybridized carbons (Fsp3) is 0.579. The summed E-state index contributed by atoms with van der Waals surface area (Å²) in [5, 5.41) is 32.8. The first-order valence-corrected chi connectivity index (χ1v) is 8.80. The van der Waals surface area contributed by atoms with Crippen molar-refractivity contribution in [1.82, 2.24) is 4.90 Å². The zero-order chi connectivity index (χ0) is 16.7. The fourth-order valence-electron chi connectivity index (χ4n) is 5.99. The third-order valence-electron chi connectivity index (χ3n) is 6.91. The first kappa shape index (κ1) is 14.8. The van der Waals surface area contributed by atoms with Crippen molar-refractivity contribution >= 4 is 0 Å². The van der Waals surface area contributed by atoms with Crippen LogP contribution in [-0.2, 0) is 11.8 Å². The van der Waals surface area contributed by atoms with Crippen LogP contribution >= 0.6 is 0 Å². The van der Waals surface area contributed by atoms with Crippen molar-refractivity contribution in [3.63, 3.8) is 0 Å². The molecule has 0 aromatic heterocycles. The third kappa shape index (κ3) is 1.43. The normalized spacial score (nSPS) is 42.3. The number of likely N-dealkylation sites (tertiary alicyclic amines) is 1. The van der Waals surface area contributed by atoms with E-state index in [0.29, 0.717) is 18.6 Å². The van der Waals surface area contributed by atoms with Crippen molar-refractivity contribution in [2.75, 3.05) is 13.1 Å². The maximum absolute atomic E-state index is 11.9. The topological polar surface area (TPSA) is 73.2 Å². The lowest BCUT2D eigenvalue weighted by Crippen LogP contribution is -2.77. The maximum Gasteiger partial charge on any atom is 0.165 e. The molecule has 0 unspecified atom stereocenters. The number of phenolic OH excluding ortho intramolecular Hbond substituents is 1. The molecule has 5 nitrogen and oxygen atoms in total. The van der Waals surface area contributed by atoms with Gasteiger partial charge in [0.15, 0.2) is 11.5 Å². The fourth-order valence-corrected chi connectivity index (χ4v) is 5.99. The van der Waals surface area contributed by atoms with Crippen LogP contribution in [0.3, 0.4) is 0 Å². The van der Waals surface area contributed by atoms with Crippen molar-refractivity contribution in [1.29, 1.82) is 0 Å². The lowest BCUT2D eigenvalue weighted by atomic mass is 9.48. The highest BCUT2D eigenvalue weighted by Gasteiger charge is 2.72. The molecule has 0 radical (unpaired) electrons. The van der Waals surface area contributed by atoms with E-state index in [9.17, 15) is 15.3 Å². The summed E-state index contributed by atoms with van der Waals surface area (Å²) in [5.74, 6) is 0.589. The largest absolute Gasteiger partial charge is 0.504 e. The van der Waals surface area contributed by atoms with Gasteiger partial charge in [-0.05, 0) is 43.9 Å². The van der Waals surface area contributed by atoms with Crippen LogP contribution in [0.4, 0.5) is 0 Å². The number of aliphatic hydroxyl groups is 2. The number of aliphatic hydroxyl groups excluding tert-OH is 1. The minimum absolute atomic E-state index is 0.00848. The molecule has 24 heavy (non-hydrogen) atoms. The molecule has 2 aliphatic heterocycles. The van der Waals surface area contributed by atoms with E-state index in [0.717, 1.165) is 37.1 Å². The molecule has 5 heteroatoms. The van der Waals surface area contributed by atoms with Crippen LogP contribution in [0.5, 0.6) is 11.5 Å². The van der Waals surface area contributed by atoms with Crippen LogP contribution in [-0.4, -0.2) is 57.2 Å². The molecule has 1 spiro atoms. The molecular weight excluding hydrogens is 306 g/mol. The molecule has 2 fully saturated rings. The quantitative estimate of drug-likeness (QED) is 0.709. The van der Waals surface area contributed by atoms with Crippen LogP contribution in [0.15, 0.2) is 24.8 Å². The van der Waals surface area contributed by atoms with Gasteiger partial charge < -0.3 is 20.1 Å².